The number of hydrogen-bond donors (Lipinski definition) is 1. The molecule has 0 heterocycles. The number of nitrogens with one attached hydrogen (secondary N) is 1. The molecule has 0 atom stereocenters. The normalized spacial score (nSPS) is 11.3. The monoisotopic (exact) mass is 425 g/mol. The van der Waals surface area contributed by atoms with Crippen molar-refractivity contribution in [3.05, 3.63) is 99.0 Å². The average Bonchev–Trinajstić information content (AvgIpc) is 2.64. The van der Waals surface area contributed by atoms with Gasteiger partial charge in [-0.25, -0.2) is 0 Å². The average molecular weight is 427 g/mol. The second kappa shape index (κ2) is 8.35. The van der Waals surface area contributed by atoms with E-state index in [9.17, 15) is 4.79 Å². The first-order valence-corrected chi connectivity index (χ1v) is 9.31. The van der Waals surface area contributed by atoms with Crippen LogP contribution in [0, 0.1) is 6.92 Å². The first-order chi connectivity index (χ1) is 12.5. The van der Waals surface area contributed by atoms with Crippen molar-refractivity contribution in [2.24, 2.45) is 0 Å². The van der Waals surface area contributed by atoms with Crippen LogP contribution in [-0.2, 0) is 4.79 Å². The van der Waals surface area contributed by atoms with Gasteiger partial charge in [0.05, 0.1) is 0 Å². The largest absolute Gasteiger partial charge is 0.322 e. The molecule has 2 nitrogen and oxygen atoms in total. The zero-order valence-electron chi connectivity index (χ0n) is 14.2. The van der Waals surface area contributed by atoms with Crippen LogP contribution in [0.25, 0.3) is 11.6 Å². The molecule has 0 saturated carbocycles. The van der Waals surface area contributed by atoms with Crippen LogP contribution in [0.4, 0.5) is 5.69 Å². The lowest BCUT2D eigenvalue weighted by atomic mass is 10.0. The van der Waals surface area contributed by atoms with Crippen LogP contribution in [0.1, 0.15) is 16.7 Å². The molecule has 3 aromatic carbocycles. The van der Waals surface area contributed by atoms with Crippen LogP contribution in [0.5, 0.6) is 0 Å². The number of aryl methyl sites for hydroxylation is 1. The van der Waals surface area contributed by atoms with E-state index in [0.29, 0.717) is 10.6 Å². The van der Waals surface area contributed by atoms with E-state index in [1.807, 2.05) is 85.8 Å². The zero-order valence-corrected chi connectivity index (χ0v) is 16.5. The Morgan fingerprint density at radius 3 is 2.38 bits per heavy atom. The summed E-state index contributed by atoms with van der Waals surface area (Å²) in [5, 5.41) is 3.58. The number of rotatable bonds is 4. The predicted octanol–water partition coefficient (Wildman–Crippen LogP) is 6.59. The van der Waals surface area contributed by atoms with E-state index in [0.717, 1.165) is 26.9 Å². The van der Waals surface area contributed by atoms with Crippen molar-refractivity contribution in [3.63, 3.8) is 0 Å². The molecule has 0 fully saturated rings. The van der Waals surface area contributed by atoms with Crippen LogP contribution in [0.2, 0.25) is 5.02 Å². The molecule has 0 radical (unpaired) electrons. The Morgan fingerprint density at radius 1 is 1.00 bits per heavy atom. The standard InChI is InChI=1S/C22H17BrClNO/c1-15-13-18(11-12-20(15)23)25-22(26)19(16-7-3-2-4-8-16)14-17-9-5-6-10-21(17)24/h2-14H,1H3,(H,25,26)/b19-14+. The van der Waals surface area contributed by atoms with Crippen LogP contribution in [0.15, 0.2) is 77.3 Å². The molecule has 0 spiro atoms. The van der Waals surface area contributed by atoms with Crippen molar-refractivity contribution in [3.8, 4) is 0 Å². The highest BCUT2D eigenvalue weighted by Crippen LogP contribution is 2.25. The lowest BCUT2D eigenvalue weighted by Gasteiger charge is -2.11. The van der Waals surface area contributed by atoms with Crippen LogP contribution < -0.4 is 5.32 Å². The fourth-order valence-corrected chi connectivity index (χ4v) is 3.00. The molecule has 1 amide bonds. The summed E-state index contributed by atoms with van der Waals surface area (Å²) in [6.45, 7) is 1.98. The molecule has 26 heavy (non-hydrogen) atoms. The summed E-state index contributed by atoms with van der Waals surface area (Å²) < 4.78 is 1.00. The molecule has 0 aromatic heterocycles. The maximum absolute atomic E-state index is 13.0. The van der Waals surface area contributed by atoms with E-state index in [1.54, 1.807) is 0 Å². The van der Waals surface area contributed by atoms with E-state index in [4.69, 9.17) is 11.6 Å². The third kappa shape index (κ3) is 4.43. The second-order valence-electron chi connectivity index (χ2n) is 5.86. The highest BCUT2D eigenvalue weighted by atomic mass is 79.9. The van der Waals surface area contributed by atoms with Crippen LogP contribution >= 0.6 is 27.5 Å². The van der Waals surface area contributed by atoms with Crippen LogP contribution in [-0.4, -0.2) is 5.91 Å². The molecule has 0 aliphatic heterocycles. The Morgan fingerprint density at radius 2 is 1.69 bits per heavy atom. The maximum atomic E-state index is 13.0. The zero-order chi connectivity index (χ0) is 18.5. The molecule has 130 valence electrons. The molecule has 0 unspecified atom stereocenters. The van der Waals surface area contributed by atoms with Crippen molar-refractivity contribution in [1.29, 1.82) is 0 Å². The molecular weight excluding hydrogens is 410 g/mol. The van der Waals surface area contributed by atoms with Crippen molar-refractivity contribution in [2.75, 3.05) is 5.32 Å². The fourth-order valence-electron chi connectivity index (χ4n) is 2.57. The molecule has 3 aromatic rings. The van der Waals surface area contributed by atoms with E-state index in [-0.39, 0.29) is 5.91 Å². The van der Waals surface area contributed by atoms with Crippen molar-refractivity contribution in [1.82, 2.24) is 0 Å². The lowest BCUT2D eigenvalue weighted by molar-refractivity contribution is -0.111. The quantitative estimate of drug-likeness (QED) is 0.370. The Bertz CT molecular complexity index is 967. The van der Waals surface area contributed by atoms with Gasteiger partial charge in [-0.3, -0.25) is 4.79 Å². The molecule has 0 saturated heterocycles. The van der Waals surface area contributed by atoms with Gasteiger partial charge in [-0.1, -0.05) is 76.1 Å². The minimum absolute atomic E-state index is 0.183. The Hall–Kier alpha value is -2.36. The summed E-state index contributed by atoms with van der Waals surface area (Å²) in [5.41, 5.74) is 3.99. The van der Waals surface area contributed by atoms with Gasteiger partial charge in [0.1, 0.15) is 0 Å². The number of hydrogen-bond acceptors (Lipinski definition) is 1. The van der Waals surface area contributed by atoms with E-state index < -0.39 is 0 Å². The number of carbonyl (C=O) groups is 1. The summed E-state index contributed by atoms with van der Waals surface area (Å²) in [4.78, 5) is 13.0. The number of halogens is 2. The third-order valence-electron chi connectivity index (χ3n) is 3.95. The SMILES string of the molecule is Cc1cc(NC(=O)/C(=C/c2ccccc2Cl)c2ccccc2)ccc1Br. The Labute approximate surface area is 166 Å². The highest BCUT2D eigenvalue weighted by Gasteiger charge is 2.13. The smallest absolute Gasteiger partial charge is 0.256 e. The molecular formula is C22H17BrClNO. The molecule has 0 bridgehead atoms. The van der Waals surface area contributed by atoms with Gasteiger partial charge in [-0.2, -0.15) is 0 Å². The topological polar surface area (TPSA) is 29.1 Å². The first-order valence-electron chi connectivity index (χ1n) is 8.14. The number of anilines is 1. The predicted molar refractivity (Wildman–Crippen MR) is 113 cm³/mol. The van der Waals surface area contributed by atoms with Crippen molar-refractivity contribution < 1.29 is 4.79 Å². The van der Waals surface area contributed by atoms with E-state index >= 15 is 0 Å². The van der Waals surface area contributed by atoms with Gasteiger partial charge in [0.2, 0.25) is 0 Å². The summed E-state index contributed by atoms with van der Waals surface area (Å²) in [5.74, 6) is -0.183. The Balaban J connectivity index is 1.99. The molecule has 3 rings (SSSR count). The van der Waals surface area contributed by atoms with Crippen molar-refractivity contribution >= 4 is 50.8 Å². The fraction of sp³-hybridized carbons (Fsp3) is 0.0455. The summed E-state index contributed by atoms with van der Waals surface area (Å²) in [7, 11) is 0. The first kappa shape index (κ1) is 18.4. The maximum Gasteiger partial charge on any atom is 0.256 e. The summed E-state index contributed by atoms with van der Waals surface area (Å²) in [6, 6.07) is 22.8. The number of carbonyl (C=O) groups excluding carboxylic acids is 1. The van der Waals surface area contributed by atoms with Gasteiger partial charge in [0.15, 0.2) is 0 Å². The number of benzene rings is 3. The van der Waals surface area contributed by atoms with Gasteiger partial charge in [-0.05, 0) is 54.0 Å². The molecule has 1 N–H and O–H groups in total. The Kier molecular flexibility index (Phi) is 5.92. The van der Waals surface area contributed by atoms with Gasteiger partial charge in [-0.15, -0.1) is 0 Å². The molecule has 4 heteroatoms. The van der Waals surface area contributed by atoms with Gasteiger partial charge in [0.25, 0.3) is 5.91 Å². The third-order valence-corrected chi connectivity index (χ3v) is 5.18. The number of amides is 1. The minimum Gasteiger partial charge on any atom is -0.322 e. The second-order valence-corrected chi connectivity index (χ2v) is 7.13. The van der Waals surface area contributed by atoms with E-state index in [2.05, 4.69) is 21.2 Å². The lowest BCUT2D eigenvalue weighted by Crippen LogP contribution is -2.13. The van der Waals surface area contributed by atoms with Gasteiger partial charge >= 0.3 is 0 Å². The molecule has 0 aliphatic rings. The van der Waals surface area contributed by atoms with Gasteiger partial charge in [0, 0.05) is 20.8 Å². The van der Waals surface area contributed by atoms with Crippen molar-refractivity contribution in [2.45, 2.75) is 6.92 Å². The van der Waals surface area contributed by atoms with Gasteiger partial charge < -0.3 is 5.32 Å². The summed E-state index contributed by atoms with van der Waals surface area (Å²) in [6.07, 6.45) is 1.82. The minimum atomic E-state index is -0.183. The highest BCUT2D eigenvalue weighted by molar-refractivity contribution is 9.10. The molecule has 0 aliphatic carbocycles. The van der Waals surface area contributed by atoms with Crippen LogP contribution in [0.3, 0.4) is 0 Å². The summed E-state index contributed by atoms with van der Waals surface area (Å²) >= 11 is 9.75. The van der Waals surface area contributed by atoms with E-state index in [1.165, 1.54) is 0 Å².